The van der Waals surface area contributed by atoms with E-state index in [2.05, 4.69) is 4.90 Å². The number of nitrogens with zero attached hydrogens (tertiary/aromatic N) is 3. The molecule has 1 aromatic rings. The number of epoxide rings is 1. The number of hydrogen-bond donors (Lipinski definition) is 1. The molecule has 130 valence electrons. The smallest absolute Gasteiger partial charge is 0.269 e. The predicted molar refractivity (Wildman–Crippen MR) is 85.4 cm³/mol. The molecule has 3 rings (SSSR count). The van der Waals surface area contributed by atoms with Crippen LogP contribution in [0, 0.1) is 10.1 Å². The standard InChI is InChI=1S/C16H21N3O5/c1-15(12-21)16(24-15,13-2-4-14(5-3-13)19(22)23)18-8-6-17(7-9-18)10-11-20/h2-5,12,20H,6-11H2,1H3/t15-,16-/m1/s1/i12D. The normalized spacial score (nSPS) is 31.5. The van der Waals surface area contributed by atoms with Crippen molar-refractivity contribution in [1.82, 2.24) is 9.80 Å². The van der Waals surface area contributed by atoms with Gasteiger partial charge in [0.05, 0.1) is 11.5 Å². The molecule has 0 saturated carbocycles. The number of carbonyl (C=O) groups is 1. The van der Waals surface area contributed by atoms with Gasteiger partial charge in [-0.25, -0.2) is 0 Å². The van der Waals surface area contributed by atoms with Crippen molar-refractivity contribution in [3.05, 3.63) is 39.9 Å². The molecule has 0 radical (unpaired) electrons. The number of nitro groups is 1. The quantitative estimate of drug-likeness (QED) is 0.346. The molecule has 24 heavy (non-hydrogen) atoms. The Kier molecular flexibility index (Phi) is 4.05. The molecule has 0 spiro atoms. The summed E-state index contributed by atoms with van der Waals surface area (Å²) < 4.78 is 13.4. The predicted octanol–water partition coefficient (Wildman–Crippen LogP) is 0.345. The molecule has 0 bridgehead atoms. The van der Waals surface area contributed by atoms with Crippen molar-refractivity contribution in [2.75, 3.05) is 39.3 Å². The van der Waals surface area contributed by atoms with Crippen LogP contribution in [0.2, 0.25) is 0 Å². The van der Waals surface area contributed by atoms with Crippen LogP contribution in [0.5, 0.6) is 0 Å². The van der Waals surface area contributed by atoms with Crippen LogP contribution >= 0.6 is 0 Å². The molecule has 2 heterocycles. The van der Waals surface area contributed by atoms with Crippen LogP contribution in [0.15, 0.2) is 24.3 Å². The first-order chi connectivity index (χ1) is 11.8. The van der Waals surface area contributed by atoms with Crippen molar-refractivity contribution >= 4 is 11.9 Å². The molecule has 0 aliphatic carbocycles. The van der Waals surface area contributed by atoms with Gasteiger partial charge in [0.15, 0.2) is 17.6 Å². The van der Waals surface area contributed by atoms with Crippen LogP contribution in [-0.4, -0.2) is 71.0 Å². The van der Waals surface area contributed by atoms with E-state index in [9.17, 15) is 14.9 Å². The third kappa shape index (κ3) is 2.61. The minimum absolute atomic E-state index is 0.0359. The van der Waals surface area contributed by atoms with Gasteiger partial charge in [0.2, 0.25) is 0 Å². The van der Waals surface area contributed by atoms with Crippen molar-refractivity contribution in [1.29, 1.82) is 0 Å². The molecule has 1 aromatic carbocycles. The SMILES string of the molecule is [2H]C(=O)[C@@]1(C)O[C@@]1(c1ccc([N+](=O)[O-])cc1)N1CCN(CCO)CC1. The molecule has 0 unspecified atom stereocenters. The molecule has 2 atom stereocenters. The van der Waals surface area contributed by atoms with Crippen LogP contribution < -0.4 is 0 Å². The minimum Gasteiger partial charge on any atom is -0.395 e. The number of piperazine rings is 1. The Morgan fingerprint density at radius 3 is 2.46 bits per heavy atom. The molecule has 0 aromatic heterocycles. The van der Waals surface area contributed by atoms with E-state index in [4.69, 9.17) is 11.2 Å². The number of ether oxygens (including phenoxy) is 1. The van der Waals surface area contributed by atoms with Crippen molar-refractivity contribution < 1.29 is 20.9 Å². The Morgan fingerprint density at radius 2 is 2.00 bits per heavy atom. The molecule has 2 saturated heterocycles. The number of aliphatic hydroxyl groups excluding tert-OH is 1. The summed E-state index contributed by atoms with van der Waals surface area (Å²) in [5.41, 5.74) is -1.75. The van der Waals surface area contributed by atoms with E-state index in [1.54, 1.807) is 19.1 Å². The van der Waals surface area contributed by atoms with Gasteiger partial charge < -0.3 is 9.84 Å². The van der Waals surface area contributed by atoms with E-state index in [-0.39, 0.29) is 12.3 Å². The van der Waals surface area contributed by atoms with Gasteiger partial charge in [-0.1, -0.05) is 0 Å². The van der Waals surface area contributed by atoms with Gasteiger partial charge in [-0.2, -0.15) is 0 Å². The highest BCUT2D eigenvalue weighted by molar-refractivity contribution is 5.70. The fraction of sp³-hybridized carbons (Fsp3) is 0.562. The highest BCUT2D eigenvalue weighted by Gasteiger charge is 2.71. The summed E-state index contributed by atoms with van der Waals surface area (Å²) in [6.07, 6.45) is -0.816. The van der Waals surface area contributed by atoms with Crippen molar-refractivity contribution in [2.45, 2.75) is 18.2 Å². The molecule has 1 N–H and O–H groups in total. The van der Waals surface area contributed by atoms with Crippen molar-refractivity contribution in [2.24, 2.45) is 0 Å². The van der Waals surface area contributed by atoms with Crippen molar-refractivity contribution in [3.8, 4) is 0 Å². The second-order valence-corrected chi connectivity index (χ2v) is 6.24. The lowest BCUT2D eigenvalue weighted by atomic mass is 9.93. The number of benzene rings is 1. The molecule has 2 aliphatic heterocycles. The maximum absolute atomic E-state index is 11.9. The highest BCUT2D eigenvalue weighted by Crippen LogP contribution is 2.57. The van der Waals surface area contributed by atoms with Gasteiger partial charge in [-0.15, -0.1) is 0 Å². The molecule has 2 fully saturated rings. The summed E-state index contributed by atoms with van der Waals surface area (Å²) in [5.74, 6) is 0. The van der Waals surface area contributed by atoms with E-state index in [0.717, 1.165) is 0 Å². The molecule has 8 nitrogen and oxygen atoms in total. The summed E-state index contributed by atoms with van der Waals surface area (Å²) in [5, 5.41) is 19.9. The zero-order valence-electron chi connectivity index (χ0n) is 14.5. The van der Waals surface area contributed by atoms with E-state index in [0.29, 0.717) is 38.3 Å². The van der Waals surface area contributed by atoms with Crippen LogP contribution in [-0.2, 0) is 15.3 Å². The largest absolute Gasteiger partial charge is 0.395 e. The third-order valence-corrected chi connectivity index (χ3v) is 4.85. The molecule has 8 heteroatoms. The summed E-state index contributed by atoms with van der Waals surface area (Å²) in [7, 11) is 0. The zero-order chi connectivity index (χ0) is 18.2. The third-order valence-electron chi connectivity index (χ3n) is 4.85. The van der Waals surface area contributed by atoms with Crippen LogP contribution in [0.25, 0.3) is 0 Å². The fourth-order valence-corrected chi connectivity index (χ4v) is 3.48. The lowest BCUT2D eigenvalue weighted by molar-refractivity contribution is -0.384. The number of aliphatic hydroxyl groups is 1. The zero-order valence-corrected chi connectivity index (χ0v) is 13.5. The maximum atomic E-state index is 11.9. The molecular weight excluding hydrogens is 314 g/mol. The number of hydrogen-bond acceptors (Lipinski definition) is 7. The lowest BCUT2D eigenvalue weighted by Crippen LogP contribution is -2.53. The van der Waals surface area contributed by atoms with Crippen LogP contribution in [0.1, 0.15) is 13.9 Å². The van der Waals surface area contributed by atoms with Crippen molar-refractivity contribution in [3.63, 3.8) is 0 Å². The van der Waals surface area contributed by atoms with Gasteiger partial charge in [-0.05, 0) is 19.1 Å². The number of carbonyl (C=O) groups excluding carboxylic acids is 1. The number of non-ortho nitro benzene ring substituents is 1. The average Bonchev–Trinajstić information content (AvgIpc) is 3.25. The number of rotatable bonds is 6. The first-order valence-corrected chi connectivity index (χ1v) is 7.89. The van der Waals surface area contributed by atoms with E-state index >= 15 is 0 Å². The van der Waals surface area contributed by atoms with Crippen LogP contribution in [0.3, 0.4) is 0 Å². The molecule has 0 amide bonds. The Hall–Kier alpha value is -1.87. The number of aldehydes is 1. The van der Waals surface area contributed by atoms with Crippen LogP contribution in [0.4, 0.5) is 5.69 Å². The van der Waals surface area contributed by atoms with E-state index in [1.165, 1.54) is 12.1 Å². The Morgan fingerprint density at radius 1 is 1.38 bits per heavy atom. The summed E-state index contributed by atoms with van der Waals surface area (Å²) in [6.45, 7) is 4.91. The Balaban J connectivity index is 1.89. The summed E-state index contributed by atoms with van der Waals surface area (Å²) in [4.78, 5) is 26.4. The monoisotopic (exact) mass is 336 g/mol. The molecule has 2 aliphatic rings. The first-order valence-electron chi connectivity index (χ1n) is 8.39. The van der Waals surface area contributed by atoms with E-state index < -0.39 is 22.5 Å². The maximum Gasteiger partial charge on any atom is 0.269 e. The van der Waals surface area contributed by atoms with Gasteiger partial charge in [-0.3, -0.25) is 24.7 Å². The first kappa shape index (κ1) is 15.6. The van der Waals surface area contributed by atoms with Gasteiger partial charge in [0, 0.05) is 50.4 Å². The highest BCUT2D eigenvalue weighted by atomic mass is 16.7. The Bertz CT molecular complexity index is 677. The molecular formula is C16H21N3O5. The fourth-order valence-electron chi connectivity index (χ4n) is 3.48. The second kappa shape index (κ2) is 6.21. The minimum atomic E-state index is -1.29. The van der Waals surface area contributed by atoms with Gasteiger partial charge in [0.1, 0.15) is 1.37 Å². The number of β-amino-alcohol motifs (C(OH)–C–C–N with tert-alkyl or cyclic N) is 1. The lowest BCUT2D eigenvalue weighted by Gasteiger charge is -2.38. The van der Waals surface area contributed by atoms with Gasteiger partial charge in [0.25, 0.3) is 5.69 Å². The average molecular weight is 336 g/mol. The topological polar surface area (TPSA) is 99.4 Å². The summed E-state index contributed by atoms with van der Waals surface area (Å²) >= 11 is 0. The van der Waals surface area contributed by atoms with Gasteiger partial charge >= 0.3 is 0 Å². The Labute approximate surface area is 141 Å². The number of nitro benzene ring substituents is 1. The summed E-state index contributed by atoms with van der Waals surface area (Å²) in [6, 6.07) is 5.95. The second-order valence-electron chi connectivity index (χ2n) is 6.24. The van der Waals surface area contributed by atoms with E-state index in [1.807, 2.05) is 4.90 Å².